The Morgan fingerprint density at radius 3 is 2.73 bits per heavy atom. The van der Waals surface area contributed by atoms with Gasteiger partial charge in [-0.2, -0.15) is 0 Å². The quantitative estimate of drug-likeness (QED) is 0.706. The van der Waals surface area contributed by atoms with E-state index < -0.39 is 0 Å². The molecule has 0 fully saturated rings. The molecule has 0 unspecified atom stereocenters. The molecule has 0 spiro atoms. The maximum absolute atomic E-state index is 6.04. The number of para-hydroxylation sites is 1. The average Bonchev–Trinajstić information content (AvgIpc) is 2.15. The Labute approximate surface area is 91.8 Å². The molecule has 1 aliphatic heterocycles. The molecule has 0 amide bonds. The fraction of sp³-hybridized carbons (Fsp3) is 0.429. The molecule has 1 heterocycles. The van der Waals surface area contributed by atoms with Crippen molar-refractivity contribution in [2.45, 2.75) is 32.8 Å². The highest BCUT2D eigenvalue weighted by molar-refractivity contribution is 5.60. The van der Waals surface area contributed by atoms with Crippen LogP contribution in [-0.4, -0.2) is 5.60 Å². The molecular formula is C14H18O. The third kappa shape index (κ3) is 2.23. The number of rotatable bonds is 2. The first-order valence-electron chi connectivity index (χ1n) is 5.56. The van der Waals surface area contributed by atoms with Crippen LogP contribution in [0.25, 0.3) is 6.08 Å². The summed E-state index contributed by atoms with van der Waals surface area (Å²) in [5, 5.41) is 0. The third-order valence-corrected chi connectivity index (χ3v) is 2.69. The van der Waals surface area contributed by atoms with Gasteiger partial charge in [0.05, 0.1) is 0 Å². The summed E-state index contributed by atoms with van der Waals surface area (Å²) in [7, 11) is 0. The zero-order valence-corrected chi connectivity index (χ0v) is 9.66. The molecule has 1 atom stereocenters. The van der Waals surface area contributed by atoms with E-state index in [9.17, 15) is 0 Å². The number of benzene rings is 1. The van der Waals surface area contributed by atoms with Crippen LogP contribution in [0, 0.1) is 5.92 Å². The van der Waals surface area contributed by atoms with Gasteiger partial charge in [0, 0.05) is 5.56 Å². The Balaban J connectivity index is 2.25. The van der Waals surface area contributed by atoms with Gasteiger partial charge >= 0.3 is 0 Å². The molecule has 1 nitrogen and oxygen atoms in total. The summed E-state index contributed by atoms with van der Waals surface area (Å²) in [5.41, 5.74) is 1.04. The topological polar surface area (TPSA) is 9.23 Å². The maximum atomic E-state index is 6.04. The van der Waals surface area contributed by atoms with E-state index in [-0.39, 0.29) is 5.60 Å². The van der Waals surface area contributed by atoms with Crippen molar-refractivity contribution in [3.05, 3.63) is 35.9 Å². The van der Waals surface area contributed by atoms with Gasteiger partial charge in [-0.15, -0.1) is 0 Å². The van der Waals surface area contributed by atoms with E-state index >= 15 is 0 Å². The van der Waals surface area contributed by atoms with Crippen LogP contribution in [0.4, 0.5) is 0 Å². The van der Waals surface area contributed by atoms with Crippen LogP contribution < -0.4 is 4.74 Å². The van der Waals surface area contributed by atoms with Crippen molar-refractivity contribution in [2.75, 3.05) is 0 Å². The van der Waals surface area contributed by atoms with Gasteiger partial charge in [0.15, 0.2) is 0 Å². The standard InChI is InChI=1S/C14H18O/c1-11(2)10-14(3)9-8-12-6-4-5-7-13(12)15-14/h4-9,11H,10H2,1-3H3/t14-/m0/s1. The molecule has 0 aliphatic carbocycles. The highest BCUT2D eigenvalue weighted by atomic mass is 16.5. The zero-order valence-electron chi connectivity index (χ0n) is 9.66. The molecule has 1 heteroatoms. The summed E-state index contributed by atoms with van der Waals surface area (Å²) >= 11 is 0. The lowest BCUT2D eigenvalue weighted by atomic mass is 9.91. The Morgan fingerprint density at radius 1 is 1.27 bits per heavy atom. The summed E-state index contributed by atoms with van der Waals surface area (Å²) in [4.78, 5) is 0. The largest absolute Gasteiger partial charge is 0.483 e. The minimum atomic E-state index is -0.136. The zero-order chi connectivity index (χ0) is 10.9. The van der Waals surface area contributed by atoms with E-state index in [2.05, 4.69) is 39.0 Å². The average molecular weight is 202 g/mol. The normalized spacial score (nSPS) is 23.7. The Morgan fingerprint density at radius 2 is 2.00 bits per heavy atom. The molecule has 0 bridgehead atoms. The smallest absolute Gasteiger partial charge is 0.127 e. The van der Waals surface area contributed by atoms with E-state index in [0.29, 0.717) is 5.92 Å². The van der Waals surface area contributed by atoms with Crippen molar-refractivity contribution < 1.29 is 4.74 Å². The second kappa shape index (κ2) is 3.73. The number of hydrogen-bond acceptors (Lipinski definition) is 1. The summed E-state index contributed by atoms with van der Waals surface area (Å²) in [6.07, 6.45) is 5.40. The van der Waals surface area contributed by atoms with E-state index in [4.69, 9.17) is 4.74 Å². The van der Waals surface area contributed by atoms with Gasteiger partial charge < -0.3 is 4.74 Å². The lowest BCUT2D eigenvalue weighted by Gasteiger charge is -2.33. The van der Waals surface area contributed by atoms with Crippen LogP contribution >= 0.6 is 0 Å². The fourth-order valence-electron chi connectivity index (χ4n) is 2.18. The second-order valence-electron chi connectivity index (χ2n) is 4.88. The predicted octanol–water partition coefficient (Wildman–Crippen LogP) is 3.90. The summed E-state index contributed by atoms with van der Waals surface area (Å²) in [6.45, 7) is 6.60. The third-order valence-electron chi connectivity index (χ3n) is 2.69. The van der Waals surface area contributed by atoms with Crippen molar-refractivity contribution in [3.8, 4) is 5.75 Å². The minimum absolute atomic E-state index is 0.136. The van der Waals surface area contributed by atoms with Gasteiger partial charge in [-0.1, -0.05) is 38.1 Å². The molecule has 1 aliphatic rings. The van der Waals surface area contributed by atoms with Crippen LogP contribution in [0.1, 0.15) is 32.8 Å². The maximum Gasteiger partial charge on any atom is 0.127 e. The SMILES string of the molecule is CC(C)C[C@]1(C)C=Cc2ccccc2O1. The number of fused-ring (bicyclic) bond motifs is 1. The molecule has 80 valence electrons. The molecule has 0 saturated heterocycles. The predicted molar refractivity (Wildman–Crippen MR) is 64.0 cm³/mol. The lowest BCUT2D eigenvalue weighted by molar-refractivity contribution is 0.112. The molecule has 1 aromatic carbocycles. The first-order chi connectivity index (χ1) is 7.09. The van der Waals surface area contributed by atoms with Gasteiger partial charge in [0.25, 0.3) is 0 Å². The van der Waals surface area contributed by atoms with E-state index in [0.717, 1.165) is 12.2 Å². The van der Waals surface area contributed by atoms with Crippen LogP contribution in [0.2, 0.25) is 0 Å². The van der Waals surface area contributed by atoms with Gasteiger partial charge in [0.2, 0.25) is 0 Å². The van der Waals surface area contributed by atoms with Gasteiger partial charge in [-0.05, 0) is 31.4 Å². The van der Waals surface area contributed by atoms with E-state index in [1.807, 2.05) is 18.2 Å². The molecule has 2 rings (SSSR count). The Hall–Kier alpha value is -1.24. The summed E-state index contributed by atoms with van der Waals surface area (Å²) in [5.74, 6) is 1.65. The Bertz CT molecular complexity index is 379. The highest BCUT2D eigenvalue weighted by Gasteiger charge is 2.27. The Kier molecular flexibility index (Phi) is 2.56. The van der Waals surface area contributed by atoms with Crippen LogP contribution in [0.15, 0.2) is 30.3 Å². The highest BCUT2D eigenvalue weighted by Crippen LogP contribution is 2.33. The van der Waals surface area contributed by atoms with E-state index in [1.54, 1.807) is 0 Å². The van der Waals surface area contributed by atoms with Gasteiger partial charge in [-0.3, -0.25) is 0 Å². The van der Waals surface area contributed by atoms with Gasteiger partial charge in [-0.25, -0.2) is 0 Å². The second-order valence-corrected chi connectivity index (χ2v) is 4.88. The van der Waals surface area contributed by atoms with E-state index in [1.165, 1.54) is 5.56 Å². The lowest BCUT2D eigenvalue weighted by Crippen LogP contribution is -2.33. The van der Waals surface area contributed by atoms with Crippen molar-refractivity contribution in [1.82, 2.24) is 0 Å². The van der Waals surface area contributed by atoms with Crippen LogP contribution in [0.3, 0.4) is 0 Å². The van der Waals surface area contributed by atoms with Crippen molar-refractivity contribution in [3.63, 3.8) is 0 Å². The molecule has 0 saturated carbocycles. The summed E-state index contributed by atoms with van der Waals surface area (Å²) < 4.78 is 6.04. The first-order valence-corrected chi connectivity index (χ1v) is 5.56. The minimum Gasteiger partial charge on any atom is -0.483 e. The van der Waals surface area contributed by atoms with Crippen LogP contribution in [0.5, 0.6) is 5.75 Å². The molecular weight excluding hydrogens is 184 g/mol. The molecule has 0 radical (unpaired) electrons. The molecule has 0 N–H and O–H groups in total. The molecule has 0 aromatic heterocycles. The van der Waals surface area contributed by atoms with Crippen LogP contribution in [-0.2, 0) is 0 Å². The van der Waals surface area contributed by atoms with Gasteiger partial charge in [0.1, 0.15) is 11.4 Å². The van der Waals surface area contributed by atoms with Crippen molar-refractivity contribution in [2.24, 2.45) is 5.92 Å². The van der Waals surface area contributed by atoms with Crippen molar-refractivity contribution in [1.29, 1.82) is 0 Å². The monoisotopic (exact) mass is 202 g/mol. The first kappa shape index (κ1) is 10.3. The van der Waals surface area contributed by atoms with Crippen molar-refractivity contribution >= 4 is 6.08 Å². The number of ether oxygens (including phenoxy) is 1. The molecule has 15 heavy (non-hydrogen) atoms. The molecule has 1 aromatic rings. The fourth-order valence-corrected chi connectivity index (χ4v) is 2.18. The number of hydrogen-bond donors (Lipinski definition) is 0. The summed E-state index contributed by atoms with van der Waals surface area (Å²) in [6, 6.07) is 8.18.